The van der Waals surface area contributed by atoms with Crippen LogP contribution in [0.5, 0.6) is 0 Å². The number of carbonyl (C=O) groups is 2. The number of aliphatic hydroxyl groups excluding tert-OH is 2. The zero-order chi connectivity index (χ0) is 52.9. The van der Waals surface area contributed by atoms with Crippen LogP contribution in [0.2, 0.25) is 0 Å². The molecule has 2 unspecified atom stereocenters. The van der Waals surface area contributed by atoms with Gasteiger partial charge < -0.3 is 20.3 Å². The summed E-state index contributed by atoms with van der Waals surface area (Å²) in [6.45, 7) is 4.94. The van der Waals surface area contributed by atoms with Gasteiger partial charge in [0.2, 0.25) is 5.91 Å². The van der Waals surface area contributed by atoms with Crippen molar-refractivity contribution in [3.05, 3.63) is 36.5 Å². The summed E-state index contributed by atoms with van der Waals surface area (Å²) in [4.78, 5) is 24.5. The van der Waals surface area contributed by atoms with Gasteiger partial charge in [-0.15, -0.1) is 0 Å². The lowest BCUT2D eigenvalue weighted by Gasteiger charge is -2.22. The molecular weight excluding hydrogens is 899 g/mol. The lowest BCUT2D eigenvalue weighted by Crippen LogP contribution is -2.45. The number of allylic oxidation sites excluding steroid dienone is 6. The van der Waals surface area contributed by atoms with E-state index in [0.717, 1.165) is 51.4 Å². The summed E-state index contributed by atoms with van der Waals surface area (Å²) < 4.78 is 5.46. The maximum absolute atomic E-state index is 12.5. The number of hydrogen-bond acceptors (Lipinski definition) is 5. The zero-order valence-electron chi connectivity index (χ0n) is 49.1. The quantitative estimate of drug-likeness (QED) is 0.0320. The van der Waals surface area contributed by atoms with E-state index < -0.39 is 12.1 Å². The molecule has 430 valence electrons. The van der Waals surface area contributed by atoms with E-state index in [1.165, 1.54) is 270 Å². The fraction of sp³-hybridized carbons (Fsp3) is 0.881. The third-order valence-electron chi connectivity index (χ3n) is 15.2. The number of hydrogen-bond donors (Lipinski definition) is 3. The summed E-state index contributed by atoms with van der Waals surface area (Å²) in [7, 11) is 0. The smallest absolute Gasteiger partial charge is 0.305 e. The van der Waals surface area contributed by atoms with Gasteiger partial charge in [0.25, 0.3) is 0 Å². The summed E-state index contributed by atoms with van der Waals surface area (Å²) in [5, 5.41) is 23.3. The summed E-state index contributed by atoms with van der Waals surface area (Å²) >= 11 is 0. The van der Waals surface area contributed by atoms with E-state index in [0.29, 0.717) is 25.9 Å². The molecule has 0 aromatic heterocycles. The second-order valence-corrected chi connectivity index (χ2v) is 22.4. The van der Waals surface area contributed by atoms with Crippen LogP contribution >= 0.6 is 0 Å². The van der Waals surface area contributed by atoms with E-state index in [-0.39, 0.29) is 18.5 Å². The Kier molecular flexibility index (Phi) is 61.0. The predicted octanol–water partition coefficient (Wildman–Crippen LogP) is 20.8. The molecule has 0 bridgehead atoms. The number of ether oxygens (including phenoxy) is 1. The Morgan fingerprint density at radius 3 is 1.08 bits per heavy atom. The van der Waals surface area contributed by atoms with Crippen LogP contribution in [-0.4, -0.2) is 47.4 Å². The highest BCUT2D eigenvalue weighted by atomic mass is 16.5. The monoisotopic (exact) mass is 1030 g/mol. The molecule has 0 aliphatic rings. The second kappa shape index (κ2) is 62.6. The van der Waals surface area contributed by atoms with Crippen LogP contribution in [0, 0.1) is 0 Å². The van der Waals surface area contributed by atoms with Gasteiger partial charge in [-0.05, 0) is 83.5 Å². The summed E-state index contributed by atoms with van der Waals surface area (Å²) in [5.74, 6) is -0.0321. The summed E-state index contributed by atoms with van der Waals surface area (Å²) in [5.41, 5.74) is 0. The van der Waals surface area contributed by atoms with Crippen molar-refractivity contribution in [3.63, 3.8) is 0 Å². The molecule has 0 fully saturated rings. The summed E-state index contributed by atoms with van der Waals surface area (Å²) in [6, 6.07) is -0.542. The molecule has 0 aromatic carbocycles. The van der Waals surface area contributed by atoms with Crippen LogP contribution in [-0.2, 0) is 14.3 Å². The molecule has 0 rings (SSSR count). The lowest BCUT2D eigenvalue weighted by atomic mass is 10.0. The van der Waals surface area contributed by atoms with Crippen molar-refractivity contribution in [3.8, 4) is 0 Å². The second-order valence-electron chi connectivity index (χ2n) is 22.4. The van der Waals surface area contributed by atoms with Crippen LogP contribution in [0.15, 0.2) is 36.5 Å². The average Bonchev–Trinajstić information content (AvgIpc) is 3.39. The van der Waals surface area contributed by atoms with Crippen molar-refractivity contribution in [2.24, 2.45) is 0 Å². The largest absolute Gasteiger partial charge is 0.466 e. The topological polar surface area (TPSA) is 95.9 Å². The maximum atomic E-state index is 12.5. The van der Waals surface area contributed by atoms with Crippen LogP contribution in [0.1, 0.15) is 354 Å². The van der Waals surface area contributed by atoms with E-state index in [4.69, 9.17) is 4.74 Å². The van der Waals surface area contributed by atoms with Crippen molar-refractivity contribution in [1.29, 1.82) is 0 Å². The van der Waals surface area contributed by atoms with Crippen LogP contribution in [0.25, 0.3) is 0 Å². The van der Waals surface area contributed by atoms with Crippen LogP contribution in [0.4, 0.5) is 0 Å². The molecule has 0 heterocycles. The fourth-order valence-electron chi connectivity index (χ4n) is 10.1. The number of rotatable bonds is 61. The Morgan fingerprint density at radius 2 is 0.685 bits per heavy atom. The zero-order valence-corrected chi connectivity index (χ0v) is 49.1. The molecule has 2 atom stereocenters. The van der Waals surface area contributed by atoms with Crippen molar-refractivity contribution < 1.29 is 24.5 Å². The van der Waals surface area contributed by atoms with E-state index in [9.17, 15) is 19.8 Å². The molecule has 0 aliphatic heterocycles. The van der Waals surface area contributed by atoms with Crippen LogP contribution in [0.3, 0.4) is 0 Å². The van der Waals surface area contributed by atoms with Crippen molar-refractivity contribution >= 4 is 11.9 Å². The predicted molar refractivity (Wildman–Crippen MR) is 319 cm³/mol. The molecule has 6 nitrogen and oxygen atoms in total. The minimum Gasteiger partial charge on any atom is -0.466 e. The Morgan fingerprint density at radius 1 is 0.384 bits per heavy atom. The number of aliphatic hydroxyl groups is 2. The van der Waals surface area contributed by atoms with E-state index in [2.05, 4.69) is 55.6 Å². The Labute approximate surface area is 455 Å². The molecule has 0 spiro atoms. The van der Waals surface area contributed by atoms with Gasteiger partial charge in [-0.3, -0.25) is 9.59 Å². The van der Waals surface area contributed by atoms with Crippen molar-refractivity contribution in [2.75, 3.05) is 13.2 Å². The first-order valence-electron chi connectivity index (χ1n) is 32.7. The normalized spacial score (nSPS) is 12.8. The van der Waals surface area contributed by atoms with E-state index in [1.54, 1.807) is 0 Å². The highest BCUT2D eigenvalue weighted by Crippen LogP contribution is 2.18. The third kappa shape index (κ3) is 59.2. The van der Waals surface area contributed by atoms with Crippen molar-refractivity contribution in [1.82, 2.24) is 5.32 Å². The maximum Gasteiger partial charge on any atom is 0.305 e. The first-order chi connectivity index (χ1) is 36.0. The number of nitrogens with one attached hydrogen (secondary N) is 1. The minimum absolute atomic E-state index is 0.00195. The molecule has 0 aromatic rings. The molecule has 1 amide bonds. The van der Waals surface area contributed by atoms with Gasteiger partial charge in [0, 0.05) is 12.8 Å². The van der Waals surface area contributed by atoms with Gasteiger partial charge in [-0.1, -0.05) is 294 Å². The van der Waals surface area contributed by atoms with Crippen molar-refractivity contribution in [2.45, 2.75) is 366 Å². The Hall–Kier alpha value is -1.92. The number of unbranched alkanes of at least 4 members (excludes halogenated alkanes) is 44. The van der Waals surface area contributed by atoms with Gasteiger partial charge in [0.05, 0.1) is 25.4 Å². The first-order valence-corrected chi connectivity index (χ1v) is 32.7. The molecule has 6 heteroatoms. The van der Waals surface area contributed by atoms with Gasteiger partial charge in [0.15, 0.2) is 0 Å². The highest BCUT2D eigenvalue weighted by Gasteiger charge is 2.20. The molecule has 3 N–H and O–H groups in total. The minimum atomic E-state index is -0.665. The summed E-state index contributed by atoms with van der Waals surface area (Å²) in [6.07, 6.45) is 78.9. The van der Waals surface area contributed by atoms with Crippen LogP contribution < -0.4 is 5.32 Å². The first kappa shape index (κ1) is 71.1. The van der Waals surface area contributed by atoms with Gasteiger partial charge in [0.1, 0.15) is 0 Å². The fourth-order valence-corrected chi connectivity index (χ4v) is 10.1. The highest BCUT2D eigenvalue weighted by molar-refractivity contribution is 5.76. The third-order valence-corrected chi connectivity index (χ3v) is 15.2. The standard InChI is InChI=1S/C67H127NO5/c1-3-5-7-9-11-13-15-17-33-36-39-43-47-51-55-59-65(70)64(63-69)68-66(71)60-56-52-48-44-40-37-34-31-29-27-25-23-21-19-18-20-22-24-26-28-30-32-35-38-42-46-50-54-58-62-73-67(72)61-57-53-49-45-41-16-14-12-10-8-6-4-2/h12,14,18,20,24,26,64-65,69-70H,3-11,13,15-17,19,21-23,25,27-63H2,1-2H3,(H,68,71)/b14-12-,20-18-,26-24-. The SMILES string of the molecule is CCCCC/C=C\CCCCCCCC(=O)OCCCCCCCCCCC/C=C\C/C=C\CCCCCCCCCCCCCCCC(=O)NC(CO)C(O)CCCCCCCCCCCCCCCCC. The Balaban J connectivity index is 3.41. The Bertz CT molecular complexity index is 1180. The van der Waals surface area contributed by atoms with E-state index in [1.807, 2.05) is 0 Å². The molecular formula is C67H127NO5. The number of esters is 1. The number of carbonyl (C=O) groups excluding carboxylic acids is 2. The van der Waals surface area contributed by atoms with Gasteiger partial charge >= 0.3 is 5.97 Å². The molecule has 0 saturated heterocycles. The average molecular weight is 1030 g/mol. The van der Waals surface area contributed by atoms with Gasteiger partial charge in [-0.2, -0.15) is 0 Å². The molecule has 0 saturated carbocycles. The molecule has 73 heavy (non-hydrogen) atoms. The van der Waals surface area contributed by atoms with E-state index >= 15 is 0 Å². The lowest BCUT2D eigenvalue weighted by molar-refractivity contribution is -0.143. The molecule has 0 radical (unpaired) electrons. The number of amides is 1. The van der Waals surface area contributed by atoms with Gasteiger partial charge in [-0.25, -0.2) is 0 Å². The molecule has 0 aliphatic carbocycles.